The van der Waals surface area contributed by atoms with E-state index in [1.165, 1.54) is 11.1 Å². The van der Waals surface area contributed by atoms with Crippen LogP contribution in [0, 0.1) is 0 Å². The molecule has 0 saturated heterocycles. The van der Waals surface area contributed by atoms with Gasteiger partial charge in [-0.25, -0.2) is 0 Å². The molecule has 1 aliphatic heterocycles. The summed E-state index contributed by atoms with van der Waals surface area (Å²) >= 11 is 0. The minimum Gasteiger partial charge on any atom is -0.378 e. The quantitative estimate of drug-likeness (QED) is 0.823. The van der Waals surface area contributed by atoms with Crippen LogP contribution in [0.3, 0.4) is 0 Å². The molecule has 1 aliphatic rings. The van der Waals surface area contributed by atoms with Gasteiger partial charge in [0.25, 0.3) is 0 Å². The fourth-order valence-electron chi connectivity index (χ4n) is 2.74. The Balaban J connectivity index is 1.81. The van der Waals surface area contributed by atoms with Crippen LogP contribution in [-0.4, -0.2) is 0 Å². The zero-order chi connectivity index (χ0) is 15.0. The van der Waals surface area contributed by atoms with E-state index in [0.717, 1.165) is 36.2 Å². The average Bonchev–Trinajstić information content (AvgIpc) is 2.89. The Kier molecular flexibility index (Phi) is 3.40. The van der Waals surface area contributed by atoms with Crippen molar-refractivity contribution in [3.8, 4) is 0 Å². The molecular weight excluding hydrogens is 275 g/mol. The highest BCUT2D eigenvalue weighted by Gasteiger charge is 2.30. The second-order valence-electron chi connectivity index (χ2n) is 5.37. The number of fused-ring (bicyclic) bond motifs is 1. The van der Waals surface area contributed by atoms with E-state index < -0.39 is 11.7 Å². The molecule has 3 rings (SSSR count). The van der Waals surface area contributed by atoms with Gasteiger partial charge < -0.3 is 5.32 Å². The molecule has 1 nitrogen and oxygen atoms in total. The molecule has 0 fully saturated rings. The summed E-state index contributed by atoms with van der Waals surface area (Å²) in [7, 11) is 0. The maximum atomic E-state index is 12.6. The number of nitrogens with one attached hydrogen (secondary N) is 1. The van der Waals surface area contributed by atoms with Gasteiger partial charge in [-0.3, -0.25) is 0 Å². The minimum absolute atomic E-state index is 0.0504. The van der Waals surface area contributed by atoms with Crippen LogP contribution in [0.15, 0.2) is 42.5 Å². The van der Waals surface area contributed by atoms with Crippen LogP contribution in [0.2, 0.25) is 0 Å². The highest BCUT2D eigenvalue weighted by molar-refractivity contribution is 5.59. The van der Waals surface area contributed by atoms with E-state index in [2.05, 4.69) is 30.4 Å². The number of alkyl halides is 3. The molecule has 0 radical (unpaired) electrons. The van der Waals surface area contributed by atoms with Crippen LogP contribution < -0.4 is 5.32 Å². The molecular formula is C17H16F3N. The van der Waals surface area contributed by atoms with Gasteiger partial charge in [0, 0.05) is 5.69 Å². The highest BCUT2D eigenvalue weighted by atomic mass is 19.4. The Morgan fingerprint density at radius 1 is 1.10 bits per heavy atom. The lowest BCUT2D eigenvalue weighted by Crippen LogP contribution is -2.08. The second-order valence-corrected chi connectivity index (χ2v) is 5.37. The van der Waals surface area contributed by atoms with E-state index in [1.54, 1.807) is 12.1 Å². The summed E-state index contributed by atoms with van der Waals surface area (Å²) in [6, 6.07) is 11.8. The first-order valence-electron chi connectivity index (χ1n) is 7.03. The summed E-state index contributed by atoms with van der Waals surface area (Å²) in [6.45, 7) is 2.11. The number of hydrogen-bond donors (Lipinski definition) is 1. The third-order valence-corrected chi connectivity index (χ3v) is 3.97. The van der Waals surface area contributed by atoms with Crippen molar-refractivity contribution in [3.63, 3.8) is 0 Å². The van der Waals surface area contributed by atoms with Crippen LogP contribution in [0.4, 0.5) is 18.9 Å². The molecule has 1 N–H and O–H groups in total. The topological polar surface area (TPSA) is 12.0 Å². The zero-order valence-electron chi connectivity index (χ0n) is 11.7. The standard InChI is InChI=1S/C17H16F3N/c1-2-11-3-8-15-13(9-11)10-16(21-15)12-4-6-14(7-5-12)17(18,19)20/h3-9,16,21H,2,10H2,1H3. The van der Waals surface area contributed by atoms with Gasteiger partial charge in [-0.05, 0) is 47.7 Å². The molecule has 0 aliphatic carbocycles. The Labute approximate surface area is 121 Å². The first-order valence-corrected chi connectivity index (χ1v) is 7.03. The first kappa shape index (κ1) is 14.0. The molecule has 110 valence electrons. The fourth-order valence-corrected chi connectivity index (χ4v) is 2.74. The predicted octanol–water partition coefficient (Wildman–Crippen LogP) is 4.98. The van der Waals surface area contributed by atoms with E-state index in [1.807, 2.05) is 0 Å². The Morgan fingerprint density at radius 2 is 1.81 bits per heavy atom. The number of benzene rings is 2. The van der Waals surface area contributed by atoms with E-state index in [0.29, 0.717) is 0 Å². The van der Waals surface area contributed by atoms with Crippen LogP contribution >= 0.6 is 0 Å². The molecule has 0 bridgehead atoms. The number of halogens is 3. The third-order valence-electron chi connectivity index (χ3n) is 3.97. The summed E-state index contributed by atoms with van der Waals surface area (Å²) in [5.41, 5.74) is 3.88. The van der Waals surface area contributed by atoms with Crippen molar-refractivity contribution in [3.05, 3.63) is 64.7 Å². The summed E-state index contributed by atoms with van der Waals surface area (Å²) in [5.74, 6) is 0. The normalized spacial score (nSPS) is 17.4. The van der Waals surface area contributed by atoms with Crippen LogP contribution in [0.5, 0.6) is 0 Å². The third kappa shape index (κ3) is 2.75. The molecule has 0 aromatic heterocycles. The van der Waals surface area contributed by atoms with E-state index in [9.17, 15) is 13.2 Å². The largest absolute Gasteiger partial charge is 0.416 e. The summed E-state index contributed by atoms with van der Waals surface area (Å²) in [5, 5.41) is 3.38. The van der Waals surface area contributed by atoms with Crippen molar-refractivity contribution >= 4 is 5.69 Å². The Morgan fingerprint density at radius 3 is 2.43 bits per heavy atom. The van der Waals surface area contributed by atoms with Gasteiger partial charge in [-0.1, -0.05) is 31.2 Å². The predicted molar refractivity (Wildman–Crippen MR) is 77.3 cm³/mol. The molecule has 4 heteroatoms. The van der Waals surface area contributed by atoms with Crippen molar-refractivity contribution < 1.29 is 13.2 Å². The van der Waals surface area contributed by atoms with Gasteiger partial charge in [-0.2, -0.15) is 13.2 Å². The van der Waals surface area contributed by atoms with Crippen molar-refractivity contribution in [2.24, 2.45) is 0 Å². The number of rotatable bonds is 2. The summed E-state index contributed by atoms with van der Waals surface area (Å²) in [4.78, 5) is 0. The second kappa shape index (κ2) is 5.10. The van der Waals surface area contributed by atoms with Crippen molar-refractivity contribution in [1.29, 1.82) is 0 Å². The van der Waals surface area contributed by atoms with E-state index in [4.69, 9.17) is 0 Å². The van der Waals surface area contributed by atoms with Gasteiger partial charge in [0.2, 0.25) is 0 Å². The van der Waals surface area contributed by atoms with Gasteiger partial charge in [0.1, 0.15) is 0 Å². The summed E-state index contributed by atoms with van der Waals surface area (Å²) in [6.07, 6.45) is -2.48. The summed E-state index contributed by atoms with van der Waals surface area (Å²) < 4.78 is 37.7. The maximum absolute atomic E-state index is 12.6. The monoisotopic (exact) mass is 291 g/mol. The van der Waals surface area contributed by atoms with Gasteiger partial charge in [0.05, 0.1) is 11.6 Å². The smallest absolute Gasteiger partial charge is 0.378 e. The maximum Gasteiger partial charge on any atom is 0.416 e. The van der Waals surface area contributed by atoms with Crippen LogP contribution in [-0.2, 0) is 19.0 Å². The molecule has 2 aromatic rings. The molecule has 1 atom stereocenters. The van der Waals surface area contributed by atoms with E-state index >= 15 is 0 Å². The molecule has 1 unspecified atom stereocenters. The van der Waals surface area contributed by atoms with Crippen LogP contribution in [0.25, 0.3) is 0 Å². The number of anilines is 1. The number of hydrogen-bond acceptors (Lipinski definition) is 1. The van der Waals surface area contributed by atoms with Crippen LogP contribution in [0.1, 0.15) is 35.2 Å². The van der Waals surface area contributed by atoms with Crippen molar-refractivity contribution in [2.45, 2.75) is 32.0 Å². The molecule has 0 amide bonds. The average molecular weight is 291 g/mol. The zero-order valence-corrected chi connectivity index (χ0v) is 11.7. The Hall–Kier alpha value is -1.97. The van der Waals surface area contributed by atoms with Gasteiger partial charge in [-0.15, -0.1) is 0 Å². The van der Waals surface area contributed by atoms with Crippen molar-refractivity contribution in [2.75, 3.05) is 5.32 Å². The highest BCUT2D eigenvalue weighted by Crippen LogP contribution is 2.36. The molecule has 1 heterocycles. The Bertz CT molecular complexity index is 644. The molecule has 2 aromatic carbocycles. The van der Waals surface area contributed by atoms with Gasteiger partial charge >= 0.3 is 6.18 Å². The molecule has 21 heavy (non-hydrogen) atoms. The lowest BCUT2D eigenvalue weighted by molar-refractivity contribution is -0.137. The lowest BCUT2D eigenvalue weighted by atomic mass is 10.00. The van der Waals surface area contributed by atoms with Gasteiger partial charge in [0.15, 0.2) is 0 Å². The van der Waals surface area contributed by atoms with Crippen molar-refractivity contribution in [1.82, 2.24) is 0 Å². The fraction of sp³-hybridized carbons (Fsp3) is 0.294. The lowest BCUT2D eigenvalue weighted by Gasteiger charge is -2.13. The minimum atomic E-state index is -4.28. The molecule has 0 spiro atoms. The SMILES string of the molecule is CCc1ccc2c(c1)CC(c1ccc(C(F)(F)F)cc1)N2. The molecule has 0 saturated carbocycles. The van der Waals surface area contributed by atoms with E-state index in [-0.39, 0.29) is 6.04 Å². The first-order chi connectivity index (χ1) is 9.97. The number of aryl methyl sites for hydroxylation is 1.